The molecule has 110 valence electrons. The van der Waals surface area contributed by atoms with Crippen molar-refractivity contribution in [3.05, 3.63) is 51.3 Å². The Labute approximate surface area is 124 Å². The van der Waals surface area contributed by atoms with Crippen LogP contribution in [-0.2, 0) is 25.9 Å². The number of aromatic nitrogens is 2. The molecule has 0 saturated carbocycles. The molecule has 3 rings (SSSR count). The first-order valence-electron chi connectivity index (χ1n) is 7.66. The Morgan fingerprint density at radius 1 is 1.19 bits per heavy atom. The highest BCUT2D eigenvalue weighted by Crippen LogP contribution is 2.26. The van der Waals surface area contributed by atoms with E-state index in [-0.39, 0.29) is 12.1 Å². The smallest absolute Gasteiger partial charge is 0.271 e. The van der Waals surface area contributed by atoms with Gasteiger partial charge in [-0.1, -0.05) is 12.1 Å². The summed E-state index contributed by atoms with van der Waals surface area (Å²) in [5.74, 6) is 0. The molecule has 0 spiro atoms. The first-order chi connectivity index (χ1) is 10.2. The molecule has 0 aliphatic heterocycles. The maximum absolute atomic E-state index is 12.1. The van der Waals surface area contributed by atoms with Crippen LogP contribution in [0.25, 0.3) is 11.3 Å². The zero-order chi connectivity index (χ0) is 14.8. The summed E-state index contributed by atoms with van der Waals surface area (Å²) in [6.07, 6.45) is 4.85. The van der Waals surface area contributed by atoms with E-state index >= 15 is 0 Å². The van der Waals surface area contributed by atoms with Crippen LogP contribution in [0.4, 0.5) is 0 Å². The molecule has 4 heteroatoms. The standard InChI is InChI=1S/C17H21N3O/c1-2-20-17(21)15(11-18)10-16(19-20)14-8-7-12-5-3-4-6-13(12)9-14/h7-10H,2-6,11,18H2,1H3. The molecule has 1 aromatic carbocycles. The Bertz CT molecular complexity index is 690. The van der Waals surface area contributed by atoms with Crippen molar-refractivity contribution >= 4 is 0 Å². The molecular formula is C17H21N3O. The fourth-order valence-electron chi connectivity index (χ4n) is 2.99. The predicted molar refractivity (Wildman–Crippen MR) is 84.1 cm³/mol. The molecule has 2 aromatic rings. The number of benzene rings is 1. The molecule has 0 atom stereocenters. The maximum Gasteiger partial charge on any atom is 0.271 e. The molecule has 0 unspecified atom stereocenters. The normalized spacial score (nSPS) is 14.0. The van der Waals surface area contributed by atoms with Crippen molar-refractivity contribution in [1.82, 2.24) is 9.78 Å². The fourth-order valence-corrected chi connectivity index (χ4v) is 2.99. The molecule has 0 radical (unpaired) electrons. The highest BCUT2D eigenvalue weighted by molar-refractivity contribution is 5.61. The number of nitrogens with zero attached hydrogens (tertiary/aromatic N) is 2. The van der Waals surface area contributed by atoms with Gasteiger partial charge in [0.25, 0.3) is 5.56 Å². The molecule has 2 N–H and O–H groups in total. The van der Waals surface area contributed by atoms with E-state index in [9.17, 15) is 4.79 Å². The molecule has 0 fully saturated rings. The number of rotatable bonds is 3. The summed E-state index contributed by atoms with van der Waals surface area (Å²) < 4.78 is 1.50. The lowest BCUT2D eigenvalue weighted by atomic mass is 9.90. The van der Waals surface area contributed by atoms with E-state index in [0.717, 1.165) is 17.7 Å². The number of aryl methyl sites for hydroxylation is 3. The third kappa shape index (κ3) is 2.63. The summed E-state index contributed by atoms with van der Waals surface area (Å²) in [5, 5.41) is 4.47. The zero-order valence-corrected chi connectivity index (χ0v) is 12.4. The molecule has 0 amide bonds. The van der Waals surface area contributed by atoms with Gasteiger partial charge in [0.1, 0.15) is 0 Å². The largest absolute Gasteiger partial charge is 0.326 e. The summed E-state index contributed by atoms with van der Waals surface area (Å²) >= 11 is 0. The van der Waals surface area contributed by atoms with Crippen LogP contribution >= 0.6 is 0 Å². The minimum Gasteiger partial charge on any atom is -0.326 e. The quantitative estimate of drug-likeness (QED) is 0.940. The van der Waals surface area contributed by atoms with E-state index in [0.29, 0.717) is 12.1 Å². The van der Waals surface area contributed by atoms with Gasteiger partial charge in [0, 0.05) is 24.2 Å². The number of hydrogen-bond acceptors (Lipinski definition) is 3. The third-order valence-electron chi connectivity index (χ3n) is 4.21. The Morgan fingerprint density at radius 2 is 1.95 bits per heavy atom. The minimum atomic E-state index is -0.0817. The van der Waals surface area contributed by atoms with Gasteiger partial charge in [-0.3, -0.25) is 4.79 Å². The number of hydrogen-bond donors (Lipinski definition) is 1. The Morgan fingerprint density at radius 3 is 2.67 bits per heavy atom. The van der Waals surface area contributed by atoms with Crippen molar-refractivity contribution in [2.75, 3.05) is 0 Å². The van der Waals surface area contributed by atoms with Crippen LogP contribution in [-0.4, -0.2) is 9.78 Å². The van der Waals surface area contributed by atoms with Crippen LogP contribution in [0.1, 0.15) is 36.5 Å². The van der Waals surface area contributed by atoms with Crippen molar-refractivity contribution in [3.8, 4) is 11.3 Å². The summed E-state index contributed by atoms with van der Waals surface area (Å²) in [6, 6.07) is 8.37. The van der Waals surface area contributed by atoms with Crippen molar-refractivity contribution in [3.63, 3.8) is 0 Å². The van der Waals surface area contributed by atoms with E-state index in [1.54, 1.807) is 0 Å². The second kappa shape index (κ2) is 5.82. The van der Waals surface area contributed by atoms with Crippen molar-refractivity contribution < 1.29 is 0 Å². The van der Waals surface area contributed by atoms with E-state index in [1.807, 2.05) is 13.0 Å². The molecule has 1 aliphatic carbocycles. The predicted octanol–water partition coefficient (Wildman–Crippen LogP) is 2.27. The summed E-state index contributed by atoms with van der Waals surface area (Å²) in [5.41, 5.74) is 11.0. The van der Waals surface area contributed by atoms with Gasteiger partial charge in [0.2, 0.25) is 0 Å². The van der Waals surface area contributed by atoms with Crippen LogP contribution in [0.3, 0.4) is 0 Å². The highest BCUT2D eigenvalue weighted by Gasteiger charge is 2.12. The van der Waals surface area contributed by atoms with Gasteiger partial charge >= 0.3 is 0 Å². The second-order valence-electron chi connectivity index (χ2n) is 5.57. The molecular weight excluding hydrogens is 262 g/mol. The van der Waals surface area contributed by atoms with Gasteiger partial charge < -0.3 is 5.73 Å². The summed E-state index contributed by atoms with van der Waals surface area (Å²) in [7, 11) is 0. The third-order valence-corrected chi connectivity index (χ3v) is 4.21. The lowest BCUT2D eigenvalue weighted by molar-refractivity contribution is 0.610. The minimum absolute atomic E-state index is 0.0817. The summed E-state index contributed by atoms with van der Waals surface area (Å²) in [4.78, 5) is 12.1. The van der Waals surface area contributed by atoms with E-state index in [4.69, 9.17) is 5.73 Å². The van der Waals surface area contributed by atoms with Crippen molar-refractivity contribution in [1.29, 1.82) is 0 Å². The van der Waals surface area contributed by atoms with Crippen LogP contribution < -0.4 is 11.3 Å². The van der Waals surface area contributed by atoms with E-state index < -0.39 is 0 Å². The lowest BCUT2D eigenvalue weighted by Crippen LogP contribution is -2.27. The van der Waals surface area contributed by atoms with Gasteiger partial charge in [0.05, 0.1) is 5.69 Å². The highest BCUT2D eigenvalue weighted by atomic mass is 16.1. The van der Waals surface area contributed by atoms with Crippen molar-refractivity contribution in [2.45, 2.75) is 45.7 Å². The van der Waals surface area contributed by atoms with Crippen LogP contribution in [0.2, 0.25) is 0 Å². The first kappa shape index (κ1) is 14.0. The maximum atomic E-state index is 12.1. The molecule has 21 heavy (non-hydrogen) atoms. The van der Waals surface area contributed by atoms with E-state index in [2.05, 4.69) is 23.3 Å². The molecule has 1 aliphatic rings. The van der Waals surface area contributed by atoms with E-state index in [1.165, 1.54) is 35.1 Å². The van der Waals surface area contributed by atoms with Gasteiger partial charge in [-0.15, -0.1) is 0 Å². The van der Waals surface area contributed by atoms with Gasteiger partial charge in [-0.25, -0.2) is 4.68 Å². The topological polar surface area (TPSA) is 60.9 Å². The SMILES string of the molecule is CCn1nc(-c2ccc3c(c2)CCCC3)cc(CN)c1=O. The Kier molecular flexibility index (Phi) is 3.88. The lowest BCUT2D eigenvalue weighted by Gasteiger charge is -2.17. The monoisotopic (exact) mass is 283 g/mol. The van der Waals surface area contributed by atoms with Gasteiger partial charge in [-0.05, 0) is 55.9 Å². The fraction of sp³-hybridized carbons (Fsp3) is 0.412. The van der Waals surface area contributed by atoms with Crippen molar-refractivity contribution in [2.24, 2.45) is 5.73 Å². The molecule has 0 bridgehead atoms. The summed E-state index contributed by atoms with van der Waals surface area (Å²) in [6.45, 7) is 2.73. The molecule has 4 nitrogen and oxygen atoms in total. The Hall–Kier alpha value is -1.94. The zero-order valence-electron chi connectivity index (χ0n) is 12.4. The Balaban J connectivity index is 2.09. The average Bonchev–Trinajstić information content (AvgIpc) is 2.54. The van der Waals surface area contributed by atoms with Gasteiger partial charge in [-0.2, -0.15) is 5.10 Å². The van der Waals surface area contributed by atoms with Crippen LogP contribution in [0.15, 0.2) is 29.1 Å². The first-order valence-corrected chi connectivity index (χ1v) is 7.66. The van der Waals surface area contributed by atoms with Gasteiger partial charge in [0.15, 0.2) is 0 Å². The molecule has 0 saturated heterocycles. The van der Waals surface area contributed by atoms with Crippen LogP contribution in [0.5, 0.6) is 0 Å². The average molecular weight is 283 g/mol. The molecule has 1 aromatic heterocycles. The van der Waals surface area contributed by atoms with Crippen LogP contribution in [0, 0.1) is 0 Å². The number of nitrogens with two attached hydrogens (primary N) is 1. The second-order valence-corrected chi connectivity index (χ2v) is 5.57. The molecule has 1 heterocycles. The number of fused-ring (bicyclic) bond motifs is 1.